The molecule has 0 atom stereocenters. The van der Waals surface area contributed by atoms with Crippen molar-refractivity contribution in [2.24, 2.45) is 0 Å². The normalized spacial score (nSPS) is 10.2. The van der Waals surface area contributed by atoms with E-state index < -0.39 is 0 Å². The van der Waals surface area contributed by atoms with Gasteiger partial charge in [-0.15, -0.1) is 0 Å². The lowest BCUT2D eigenvalue weighted by molar-refractivity contribution is 0.102. The van der Waals surface area contributed by atoms with E-state index in [1.54, 1.807) is 36.5 Å². The van der Waals surface area contributed by atoms with Crippen molar-refractivity contribution in [3.05, 3.63) is 71.5 Å². The molecule has 144 valence electrons. The molecule has 1 amide bonds. The van der Waals surface area contributed by atoms with Crippen molar-refractivity contribution >= 4 is 34.6 Å². The lowest BCUT2D eigenvalue weighted by atomic mass is 10.2. The van der Waals surface area contributed by atoms with Crippen LogP contribution in [0.4, 0.5) is 17.1 Å². The number of nitrogens with one attached hydrogen (secondary N) is 2. The summed E-state index contributed by atoms with van der Waals surface area (Å²) in [6, 6.07) is 16.0. The summed E-state index contributed by atoms with van der Waals surface area (Å²) in [5, 5.41) is 6.53. The van der Waals surface area contributed by atoms with E-state index >= 15 is 0 Å². The summed E-state index contributed by atoms with van der Waals surface area (Å²) in [4.78, 5) is 16.8. The van der Waals surface area contributed by atoms with Gasteiger partial charge in [0.2, 0.25) is 0 Å². The van der Waals surface area contributed by atoms with Gasteiger partial charge in [0.1, 0.15) is 17.2 Å². The van der Waals surface area contributed by atoms with E-state index in [2.05, 4.69) is 15.6 Å². The number of nitrogens with zero attached hydrogens (tertiary/aromatic N) is 1. The highest BCUT2D eigenvalue weighted by Gasteiger charge is 2.13. The Morgan fingerprint density at radius 3 is 2.68 bits per heavy atom. The average Bonchev–Trinajstić information content (AvgIpc) is 2.70. The third-order valence-electron chi connectivity index (χ3n) is 3.87. The first kappa shape index (κ1) is 19.5. The molecule has 1 heterocycles. The fraction of sp³-hybridized carbons (Fsp3) is 0.143. The van der Waals surface area contributed by atoms with Gasteiger partial charge in [-0.05, 0) is 49.4 Å². The van der Waals surface area contributed by atoms with Gasteiger partial charge in [-0.2, -0.15) is 0 Å². The minimum Gasteiger partial charge on any atom is -0.495 e. The van der Waals surface area contributed by atoms with Gasteiger partial charge in [-0.1, -0.05) is 23.7 Å². The molecule has 0 saturated carbocycles. The van der Waals surface area contributed by atoms with Gasteiger partial charge >= 0.3 is 0 Å². The average molecular weight is 398 g/mol. The predicted molar refractivity (Wildman–Crippen MR) is 111 cm³/mol. The maximum absolute atomic E-state index is 12.6. The van der Waals surface area contributed by atoms with Gasteiger partial charge in [0.15, 0.2) is 0 Å². The number of carbonyl (C=O) groups excluding carboxylic acids is 1. The number of aromatic nitrogens is 1. The molecular weight excluding hydrogens is 378 g/mol. The van der Waals surface area contributed by atoms with E-state index in [0.717, 1.165) is 11.4 Å². The van der Waals surface area contributed by atoms with E-state index in [4.69, 9.17) is 21.1 Å². The van der Waals surface area contributed by atoms with E-state index in [0.29, 0.717) is 28.8 Å². The first-order valence-electron chi connectivity index (χ1n) is 8.70. The predicted octanol–water partition coefficient (Wildman–Crippen LogP) is 5.14. The Morgan fingerprint density at radius 1 is 1.07 bits per heavy atom. The van der Waals surface area contributed by atoms with Crippen molar-refractivity contribution in [2.45, 2.75) is 6.92 Å². The van der Waals surface area contributed by atoms with Crippen molar-refractivity contribution in [1.82, 2.24) is 4.98 Å². The summed E-state index contributed by atoms with van der Waals surface area (Å²) in [6.07, 6.45) is 1.57. The van der Waals surface area contributed by atoms with Gasteiger partial charge in [0.05, 0.1) is 25.1 Å². The Bertz CT molecular complexity index is 979. The molecule has 0 aliphatic rings. The van der Waals surface area contributed by atoms with Crippen molar-refractivity contribution in [1.29, 1.82) is 0 Å². The van der Waals surface area contributed by atoms with Crippen LogP contribution in [0.1, 0.15) is 17.4 Å². The molecule has 0 bridgehead atoms. The van der Waals surface area contributed by atoms with Crippen LogP contribution in [0, 0.1) is 0 Å². The highest BCUT2D eigenvalue weighted by Crippen LogP contribution is 2.29. The SMILES string of the molecule is CCOc1ccccc1Nc1ccnc(C(=O)Nc2cc(Cl)ccc2OC)c1. The van der Waals surface area contributed by atoms with Gasteiger partial charge in [-0.25, -0.2) is 0 Å². The van der Waals surface area contributed by atoms with Crippen molar-refractivity contribution in [3.63, 3.8) is 0 Å². The minimum absolute atomic E-state index is 0.251. The molecule has 6 nitrogen and oxygen atoms in total. The number of pyridine rings is 1. The molecule has 0 aliphatic heterocycles. The van der Waals surface area contributed by atoms with Crippen LogP contribution in [0.5, 0.6) is 11.5 Å². The number of halogens is 1. The maximum atomic E-state index is 12.6. The van der Waals surface area contributed by atoms with Gasteiger partial charge in [-0.3, -0.25) is 9.78 Å². The van der Waals surface area contributed by atoms with Crippen LogP contribution in [0.15, 0.2) is 60.8 Å². The molecule has 0 spiro atoms. The molecule has 28 heavy (non-hydrogen) atoms. The molecular formula is C21H20ClN3O3. The quantitative estimate of drug-likeness (QED) is 0.577. The Kier molecular flexibility index (Phi) is 6.34. The molecule has 0 aliphatic carbocycles. The molecule has 2 N–H and O–H groups in total. The monoisotopic (exact) mass is 397 g/mol. The summed E-state index contributed by atoms with van der Waals surface area (Å²) >= 11 is 6.01. The molecule has 3 rings (SSSR count). The Balaban J connectivity index is 1.80. The molecule has 0 saturated heterocycles. The number of amides is 1. The molecule has 0 unspecified atom stereocenters. The largest absolute Gasteiger partial charge is 0.495 e. The number of hydrogen-bond donors (Lipinski definition) is 2. The zero-order valence-corrected chi connectivity index (χ0v) is 16.3. The van der Waals surface area contributed by atoms with Crippen LogP contribution in [0.2, 0.25) is 5.02 Å². The molecule has 3 aromatic rings. The van der Waals surface area contributed by atoms with Crippen molar-refractivity contribution in [2.75, 3.05) is 24.4 Å². The maximum Gasteiger partial charge on any atom is 0.274 e. The van der Waals surface area contributed by atoms with E-state index in [-0.39, 0.29) is 11.6 Å². The third kappa shape index (κ3) is 4.72. The van der Waals surface area contributed by atoms with Crippen LogP contribution in [0.3, 0.4) is 0 Å². The summed E-state index contributed by atoms with van der Waals surface area (Å²) in [7, 11) is 1.53. The number of rotatable bonds is 7. The number of anilines is 3. The number of methoxy groups -OCH3 is 1. The van der Waals surface area contributed by atoms with Crippen LogP contribution in [0.25, 0.3) is 0 Å². The molecule has 2 aromatic carbocycles. The van der Waals surface area contributed by atoms with Gasteiger partial charge < -0.3 is 20.1 Å². The van der Waals surface area contributed by atoms with Crippen LogP contribution in [-0.4, -0.2) is 24.6 Å². The van der Waals surface area contributed by atoms with E-state index in [1.807, 2.05) is 31.2 Å². The smallest absolute Gasteiger partial charge is 0.274 e. The minimum atomic E-state index is -0.373. The zero-order chi connectivity index (χ0) is 19.9. The Labute approximate surface area is 168 Å². The van der Waals surface area contributed by atoms with Crippen LogP contribution in [-0.2, 0) is 0 Å². The number of benzene rings is 2. The molecule has 0 radical (unpaired) electrons. The molecule has 0 fully saturated rings. The van der Waals surface area contributed by atoms with Crippen LogP contribution < -0.4 is 20.1 Å². The first-order chi connectivity index (χ1) is 13.6. The van der Waals surface area contributed by atoms with Crippen LogP contribution >= 0.6 is 11.6 Å². The second-order valence-electron chi connectivity index (χ2n) is 5.78. The summed E-state index contributed by atoms with van der Waals surface area (Å²) < 4.78 is 10.9. The highest BCUT2D eigenvalue weighted by molar-refractivity contribution is 6.31. The van der Waals surface area contributed by atoms with Gasteiger partial charge in [0.25, 0.3) is 5.91 Å². The van der Waals surface area contributed by atoms with E-state index in [9.17, 15) is 4.79 Å². The number of hydrogen-bond acceptors (Lipinski definition) is 5. The first-order valence-corrected chi connectivity index (χ1v) is 9.08. The standard InChI is InChI=1S/C21H20ClN3O3/c1-3-28-20-7-5-4-6-16(20)24-15-10-11-23-18(13-15)21(26)25-17-12-14(22)8-9-19(17)27-2/h4-13H,3H2,1-2H3,(H,23,24)(H,25,26). The van der Waals surface area contributed by atoms with Gasteiger partial charge in [0, 0.05) is 16.9 Å². The summed E-state index contributed by atoms with van der Waals surface area (Å²) in [5.74, 6) is 0.872. The summed E-state index contributed by atoms with van der Waals surface area (Å²) in [5.41, 5.74) is 2.24. The highest BCUT2D eigenvalue weighted by atomic mass is 35.5. The second kappa shape index (κ2) is 9.10. The van der Waals surface area contributed by atoms with Crippen molar-refractivity contribution in [3.8, 4) is 11.5 Å². The fourth-order valence-corrected chi connectivity index (χ4v) is 2.78. The molecule has 7 heteroatoms. The number of carbonyl (C=O) groups is 1. The Hall–Kier alpha value is -3.25. The Morgan fingerprint density at radius 2 is 1.89 bits per heavy atom. The van der Waals surface area contributed by atoms with Crippen molar-refractivity contribution < 1.29 is 14.3 Å². The lowest BCUT2D eigenvalue weighted by Crippen LogP contribution is -2.14. The fourth-order valence-electron chi connectivity index (χ4n) is 2.60. The zero-order valence-electron chi connectivity index (χ0n) is 15.5. The number of para-hydroxylation sites is 2. The molecule has 1 aromatic heterocycles. The van der Waals surface area contributed by atoms with E-state index in [1.165, 1.54) is 7.11 Å². The number of ether oxygens (including phenoxy) is 2. The summed E-state index contributed by atoms with van der Waals surface area (Å²) in [6.45, 7) is 2.49. The lowest BCUT2D eigenvalue weighted by Gasteiger charge is -2.13. The third-order valence-corrected chi connectivity index (χ3v) is 4.10. The topological polar surface area (TPSA) is 72.5 Å². The second-order valence-corrected chi connectivity index (χ2v) is 6.22.